The van der Waals surface area contributed by atoms with E-state index in [-0.39, 0.29) is 0 Å². The maximum Gasteiger partial charge on any atom is 0.0422 e. The zero-order valence-electron chi connectivity index (χ0n) is 14.4. The summed E-state index contributed by atoms with van der Waals surface area (Å²) in [5.41, 5.74) is 2.52. The van der Waals surface area contributed by atoms with Crippen LogP contribution in [0.5, 0.6) is 0 Å². The van der Waals surface area contributed by atoms with Gasteiger partial charge in [-0.2, -0.15) is 0 Å². The van der Waals surface area contributed by atoms with Crippen LogP contribution in [0.15, 0.2) is 61.1 Å². The van der Waals surface area contributed by atoms with Gasteiger partial charge in [-0.1, -0.05) is 18.2 Å². The van der Waals surface area contributed by atoms with Crippen molar-refractivity contribution in [2.24, 2.45) is 0 Å². The van der Waals surface area contributed by atoms with Crippen molar-refractivity contribution < 1.29 is 0 Å². The molecule has 1 N–H and O–H groups in total. The minimum Gasteiger partial charge on any atom is -0.315 e. The Morgan fingerprint density at radius 3 is 2.92 bits per heavy atom. The summed E-state index contributed by atoms with van der Waals surface area (Å²) in [5.74, 6) is 0. The van der Waals surface area contributed by atoms with Crippen molar-refractivity contribution in [2.45, 2.75) is 18.9 Å². The standard InChI is InChI=1S/C21H24N4/c1-2-9-24-20(4-1)15-21(25-12-3-8-22-11-13-25)18-5-6-19-16-23-10-7-17(19)14-18/h1-2,4-7,9-10,14,16,21-22H,3,8,11-13,15H2. The second-order valence-electron chi connectivity index (χ2n) is 6.66. The lowest BCUT2D eigenvalue weighted by atomic mass is 9.97. The molecule has 0 saturated carbocycles. The van der Waals surface area contributed by atoms with E-state index in [1.54, 1.807) is 0 Å². The molecule has 2 aromatic heterocycles. The number of hydrogen-bond donors (Lipinski definition) is 1. The average Bonchev–Trinajstić information content (AvgIpc) is 2.96. The van der Waals surface area contributed by atoms with Crippen LogP contribution in [0, 0.1) is 0 Å². The van der Waals surface area contributed by atoms with Gasteiger partial charge in [0, 0.05) is 61.8 Å². The molecular weight excluding hydrogens is 308 g/mol. The largest absolute Gasteiger partial charge is 0.315 e. The minimum absolute atomic E-state index is 0.354. The third kappa shape index (κ3) is 3.86. The zero-order chi connectivity index (χ0) is 16.9. The van der Waals surface area contributed by atoms with Crippen molar-refractivity contribution in [3.8, 4) is 0 Å². The van der Waals surface area contributed by atoms with Crippen molar-refractivity contribution >= 4 is 10.8 Å². The van der Waals surface area contributed by atoms with E-state index in [1.165, 1.54) is 22.8 Å². The molecule has 4 nitrogen and oxygen atoms in total. The van der Waals surface area contributed by atoms with Crippen molar-refractivity contribution in [1.29, 1.82) is 0 Å². The Balaban J connectivity index is 1.69. The number of nitrogens with zero attached hydrogens (tertiary/aromatic N) is 3. The second kappa shape index (κ2) is 7.72. The van der Waals surface area contributed by atoms with Crippen molar-refractivity contribution in [3.63, 3.8) is 0 Å². The fourth-order valence-electron chi connectivity index (χ4n) is 3.66. The molecule has 1 aromatic carbocycles. The van der Waals surface area contributed by atoms with Crippen LogP contribution in [-0.2, 0) is 6.42 Å². The van der Waals surface area contributed by atoms with E-state index in [0.29, 0.717) is 6.04 Å². The molecule has 1 aliphatic heterocycles. The molecule has 1 aliphatic rings. The normalized spacial score (nSPS) is 17.3. The third-order valence-corrected chi connectivity index (χ3v) is 4.99. The molecule has 128 valence electrons. The van der Waals surface area contributed by atoms with E-state index in [4.69, 9.17) is 0 Å². The topological polar surface area (TPSA) is 41.1 Å². The summed E-state index contributed by atoms with van der Waals surface area (Å²) in [6, 6.07) is 15.4. The molecule has 0 amide bonds. The lowest BCUT2D eigenvalue weighted by Crippen LogP contribution is -2.33. The van der Waals surface area contributed by atoms with Crippen LogP contribution < -0.4 is 5.32 Å². The van der Waals surface area contributed by atoms with E-state index >= 15 is 0 Å². The van der Waals surface area contributed by atoms with Gasteiger partial charge in [0.2, 0.25) is 0 Å². The lowest BCUT2D eigenvalue weighted by molar-refractivity contribution is 0.208. The average molecular weight is 332 g/mol. The molecule has 25 heavy (non-hydrogen) atoms. The van der Waals surface area contributed by atoms with Gasteiger partial charge < -0.3 is 5.32 Å². The maximum absolute atomic E-state index is 4.57. The quantitative estimate of drug-likeness (QED) is 0.796. The Bertz CT molecular complexity index is 810. The van der Waals surface area contributed by atoms with Gasteiger partial charge in [0.05, 0.1) is 0 Å². The molecular formula is C21H24N4. The van der Waals surface area contributed by atoms with Crippen LogP contribution in [0.4, 0.5) is 0 Å². The molecule has 1 unspecified atom stereocenters. The van der Waals surface area contributed by atoms with E-state index < -0.39 is 0 Å². The monoisotopic (exact) mass is 332 g/mol. The fourth-order valence-corrected chi connectivity index (χ4v) is 3.66. The molecule has 3 aromatic rings. The Hall–Kier alpha value is -2.30. The molecule has 0 bridgehead atoms. The Morgan fingerprint density at radius 1 is 1.00 bits per heavy atom. The molecule has 3 heterocycles. The summed E-state index contributed by atoms with van der Waals surface area (Å²) >= 11 is 0. The second-order valence-corrected chi connectivity index (χ2v) is 6.66. The van der Waals surface area contributed by atoms with Gasteiger partial charge >= 0.3 is 0 Å². The summed E-state index contributed by atoms with van der Waals surface area (Å²) in [4.78, 5) is 11.4. The van der Waals surface area contributed by atoms with Gasteiger partial charge in [-0.25, -0.2) is 0 Å². The van der Waals surface area contributed by atoms with Crippen LogP contribution in [0.2, 0.25) is 0 Å². The first kappa shape index (κ1) is 16.2. The molecule has 4 rings (SSSR count). The molecule has 4 heteroatoms. The number of pyridine rings is 2. The highest BCUT2D eigenvalue weighted by atomic mass is 15.2. The summed E-state index contributed by atoms with van der Waals surface area (Å²) in [6.45, 7) is 4.36. The highest BCUT2D eigenvalue weighted by molar-refractivity contribution is 5.82. The number of nitrogens with one attached hydrogen (secondary N) is 1. The molecule has 1 fully saturated rings. The highest BCUT2D eigenvalue weighted by Gasteiger charge is 2.22. The van der Waals surface area contributed by atoms with Crippen LogP contribution in [0.1, 0.15) is 23.7 Å². The maximum atomic E-state index is 4.57. The number of aromatic nitrogens is 2. The molecule has 1 saturated heterocycles. The van der Waals surface area contributed by atoms with Gasteiger partial charge in [0.25, 0.3) is 0 Å². The first-order valence-corrected chi connectivity index (χ1v) is 9.08. The fraction of sp³-hybridized carbons (Fsp3) is 0.333. The van der Waals surface area contributed by atoms with E-state index in [0.717, 1.165) is 38.3 Å². The van der Waals surface area contributed by atoms with E-state index in [2.05, 4.69) is 56.6 Å². The number of benzene rings is 1. The van der Waals surface area contributed by atoms with Gasteiger partial charge in [0.15, 0.2) is 0 Å². The lowest BCUT2D eigenvalue weighted by Gasteiger charge is -2.31. The van der Waals surface area contributed by atoms with Crippen molar-refractivity contribution in [1.82, 2.24) is 20.2 Å². The van der Waals surface area contributed by atoms with Crippen LogP contribution in [0.25, 0.3) is 10.8 Å². The molecule has 0 radical (unpaired) electrons. The Morgan fingerprint density at radius 2 is 2.00 bits per heavy atom. The Labute approximate surface area is 148 Å². The Kier molecular flexibility index (Phi) is 5.00. The summed E-state index contributed by atoms with van der Waals surface area (Å²) in [7, 11) is 0. The minimum atomic E-state index is 0.354. The van der Waals surface area contributed by atoms with Gasteiger partial charge in [-0.15, -0.1) is 0 Å². The first-order chi connectivity index (χ1) is 12.4. The smallest absolute Gasteiger partial charge is 0.0422 e. The third-order valence-electron chi connectivity index (χ3n) is 4.99. The summed E-state index contributed by atoms with van der Waals surface area (Å²) in [5, 5.41) is 5.96. The number of fused-ring (bicyclic) bond motifs is 1. The number of hydrogen-bond acceptors (Lipinski definition) is 4. The van der Waals surface area contributed by atoms with Gasteiger partial charge in [-0.3, -0.25) is 14.9 Å². The molecule has 0 spiro atoms. The van der Waals surface area contributed by atoms with Gasteiger partial charge in [-0.05, 0) is 48.2 Å². The van der Waals surface area contributed by atoms with E-state index in [9.17, 15) is 0 Å². The number of rotatable bonds is 4. The van der Waals surface area contributed by atoms with E-state index in [1.807, 2.05) is 24.7 Å². The van der Waals surface area contributed by atoms with Gasteiger partial charge in [0.1, 0.15) is 0 Å². The van der Waals surface area contributed by atoms with Crippen LogP contribution in [-0.4, -0.2) is 41.0 Å². The van der Waals surface area contributed by atoms with Crippen LogP contribution in [0.3, 0.4) is 0 Å². The predicted molar refractivity (Wildman–Crippen MR) is 101 cm³/mol. The highest BCUT2D eigenvalue weighted by Crippen LogP contribution is 2.28. The summed E-state index contributed by atoms with van der Waals surface area (Å²) < 4.78 is 0. The molecule has 1 atom stereocenters. The zero-order valence-corrected chi connectivity index (χ0v) is 14.4. The predicted octanol–water partition coefficient (Wildman–Crippen LogP) is 3.21. The molecule has 0 aliphatic carbocycles. The SMILES string of the molecule is c1ccc(CC(c2ccc3cnccc3c2)N2CCCNCC2)nc1. The van der Waals surface area contributed by atoms with Crippen LogP contribution >= 0.6 is 0 Å². The first-order valence-electron chi connectivity index (χ1n) is 9.08. The van der Waals surface area contributed by atoms with Crippen molar-refractivity contribution in [3.05, 3.63) is 72.3 Å². The summed E-state index contributed by atoms with van der Waals surface area (Å²) in [6.07, 6.45) is 7.83. The van der Waals surface area contributed by atoms with Crippen molar-refractivity contribution in [2.75, 3.05) is 26.2 Å².